The Hall–Kier alpha value is -1.15. The summed E-state index contributed by atoms with van der Waals surface area (Å²) in [6, 6.07) is 9.99. The van der Waals surface area contributed by atoms with E-state index < -0.39 is 0 Å². The first-order valence-corrected chi connectivity index (χ1v) is 4.98. The molecule has 0 heterocycles. The third-order valence-corrected chi connectivity index (χ3v) is 2.97. The normalized spacial score (nSPS) is 26.8. The summed E-state index contributed by atoms with van der Waals surface area (Å²) in [5, 5.41) is 9.16. The van der Waals surface area contributed by atoms with Gasteiger partial charge in [-0.2, -0.15) is 0 Å². The van der Waals surface area contributed by atoms with Gasteiger partial charge < -0.3 is 5.11 Å². The van der Waals surface area contributed by atoms with Crippen molar-refractivity contribution < 1.29 is 9.90 Å². The summed E-state index contributed by atoms with van der Waals surface area (Å²) in [4.78, 5) is 11.3. The highest BCUT2D eigenvalue weighted by atomic mass is 16.3. The minimum absolute atomic E-state index is 0.116. The SMILES string of the molecule is O=C1CC(CO)C(c2ccccc2)C1. The lowest BCUT2D eigenvalue weighted by Crippen LogP contribution is -2.10. The zero-order valence-corrected chi connectivity index (χ0v) is 8.02. The van der Waals surface area contributed by atoms with Gasteiger partial charge in [0.1, 0.15) is 5.78 Å². The fourth-order valence-electron chi connectivity index (χ4n) is 2.21. The van der Waals surface area contributed by atoms with Crippen LogP contribution in [0.4, 0.5) is 0 Å². The maximum absolute atomic E-state index is 11.3. The molecule has 2 nitrogen and oxygen atoms in total. The highest BCUT2D eigenvalue weighted by molar-refractivity contribution is 5.82. The predicted octanol–water partition coefficient (Wildman–Crippen LogP) is 1.74. The van der Waals surface area contributed by atoms with Crippen LogP contribution in [0.1, 0.15) is 24.3 Å². The number of hydrogen-bond acceptors (Lipinski definition) is 2. The molecule has 0 spiro atoms. The van der Waals surface area contributed by atoms with E-state index in [4.69, 9.17) is 5.11 Å². The molecule has 0 aliphatic heterocycles. The van der Waals surface area contributed by atoms with Gasteiger partial charge in [0.2, 0.25) is 0 Å². The van der Waals surface area contributed by atoms with Gasteiger partial charge in [0, 0.05) is 19.4 Å². The van der Waals surface area contributed by atoms with E-state index in [1.54, 1.807) is 0 Å². The van der Waals surface area contributed by atoms with Crippen molar-refractivity contribution in [1.29, 1.82) is 0 Å². The molecule has 1 aliphatic rings. The fourth-order valence-corrected chi connectivity index (χ4v) is 2.21. The molecule has 0 radical (unpaired) electrons. The van der Waals surface area contributed by atoms with Crippen LogP contribution in [0, 0.1) is 5.92 Å². The van der Waals surface area contributed by atoms with Gasteiger partial charge in [-0.05, 0) is 17.4 Å². The van der Waals surface area contributed by atoms with E-state index in [1.165, 1.54) is 5.56 Å². The number of carbonyl (C=O) groups excluding carboxylic acids is 1. The molecule has 2 unspecified atom stereocenters. The van der Waals surface area contributed by atoms with E-state index in [0.29, 0.717) is 12.8 Å². The van der Waals surface area contributed by atoms with Gasteiger partial charge >= 0.3 is 0 Å². The van der Waals surface area contributed by atoms with Crippen molar-refractivity contribution in [3.8, 4) is 0 Å². The number of Topliss-reactive ketones (excluding diaryl/α,β-unsaturated/α-hetero) is 1. The van der Waals surface area contributed by atoms with Crippen molar-refractivity contribution in [3.63, 3.8) is 0 Å². The van der Waals surface area contributed by atoms with Crippen molar-refractivity contribution in [2.24, 2.45) is 5.92 Å². The third kappa shape index (κ3) is 1.70. The average molecular weight is 190 g/mol. The summed E-state index contributed by atoms with van der Waals surface area (Å²) in [6.07, 6.45) is 1.13. The molecule has 1 fully saturated rings. The molecule has 2 heteroatoms. The Balaban J connectivity index is 2.22. The largest absolute Gasteiger partial charge is 0.396 e. The van der Waals surface area contributed by atoms with E-state index in [-0.39, 0.29) is 24.2 Å². The molecule has 1 N–H and O–H groups in total. The molecule has 2 atom stereocenters. The molecule has 1 aliphatic carbocycles. The summed E-state index contributed by atoms with van der Waals surface area (Å²) in [7, 11) is 0. The summed E-state index contributed by atoms with van der Waals surface area (Å²) < 4.78 is 0. The number of hydrogen-bond donors (Lipinski definition) is 1. The lowest BCUT2D eigenvalue weighted by atomic mass is 9.90. The molecule has 74 valence electrons. The Bertz CT molecular complexity index is 318. The Morgan fingerprint density at radius 3 is 2.57 bits per heavy atom. The maximum atomic E-state index is 11.3. The van der Waals surface area contributed by atoms with Crippen molar-refractivity contribution in [3.05, 3.63) is 35.9 Å². The lowest BCUT2D eigenvalue weighted by molar-refractivity contribution is -0.117. The highest BCUT2D eigenvalue weighted by Gasteiger charge is 2.33. The second kappa shape index (κ2) is 3.93. The molecule has 0 aromatic heterocycles. The zero-order chi connectivity index (χ0) is 9.97. The summed E-state index contributed by atoms with van der Waals surface area (Å²) in [6.45, 7) is 0.116. The molecular weight excluding hydrogens is 176 g/mol. The first kappa shape index (κ1) is 9.41. The van der Waals surface area contributed by atoms with Crippen molar-refractivity contribution in [2.75, 3.05) is 6.61 Å². The second-order valence-corrected chi connectivity index (χ2v) is 3.91. The van der Waals surface area contributed by atoms with Crippen LogP contribution in [-0.4, -0.2) is 17.5 Å². The Labute approximate surface area is 83.6 Å². The zero-order valence-electron chi connectivity index (χ0n) is 8.02. The summed E-state index contributed by atoms with van der Waals surface area (Å²) in [5.41, 5.74) is 1.18. The summed E-state index contributed by atoms with van der Waals surface area (Å²) >= 11 is 0. The minimum Gasteiger partial charge on any atom is -0.396 e. The quantitative estimate of drug-likeness (QED) is 0.771. The van der Waals surface area contributed by atoms with Crippen LogP contribution in [0.25, 0.3) is 0 Å². The van der Waals surface area contributed by atoms with Crippen LogP contribution in [0.15, 0.2) is 30.3 Å². The van der Waals surface area contributed by atoms with Gasteiger partial charge in [-0.25, -0.2) is 0 Å². The van der Waals surface area contributed by atoms with Gasteiger partial charge in [0.25, 0.3) is 0 Å². The highest BCUT2D eigenvalue weighted by Crippen LogP contribution is 2.36. The van der Waals surface area contributed by atoms with Crippen LogP contribution in [0.5, 0.6) is 0 Å². The third-order valence-electron chi connectivity index (χ3n) is 2.97. The fraction of sp³-hybridized carbons (Fsp3) is 0.417. The molecule has 14 heavy (non-hydrogen) atoms. The van der Waals surface area contributed by atoms with Gasteiger partial charge in [-0.3, -0.25) is 4.79 Å². The maximum Gasteiger partial charge on any atom is 0.133 e. The molecule has 2 rings (SSSR count). The smallest absolute Gasteiger partial charge is 0.133 e. The van der Waals surface area contributed by atoms with Crippen LogP contribution in [0.2, 0.25) is 0 Å². The minimum atomic E-state index is 0.116. The number of aliphatic hydroxyl groups excluding tert-OH is 1. The summed E-state index contributed by atoms with van der Waals surface area (Å²) in [5.74, 6) is 0.636. The average Bonchev–Trinajstić information content (AvgIpc) is 2.61. The van der Waals surface area contributed by atoms with Crippen molar-refractivity contribution in [1.82, 2.24) is 0 Å². The number of benzene rings is 1. The molecule has 1 aromatic carbocycles. The van der Waals surface area contributed by atoms with E-state index in [2.05, 4.69) is 0 Å². The van der Waals surface area contributed by atoms with Crippen LogP contribution < -0.4 is 0 Å². The van der Waals surface area contributed by atoms with Crippen LogP contribution >= 0.6 is 0 Å². The van der Waals surface area contributed by atoms with Gasteiger partial charge in [-0.15, -0.1) is 0 Å². The van der Waals surface area contributed by atoms with Gasteiger partial charge in [0.15, 0.2) is 0 Å². The van der Waals surface area contributed by atoms with E-state index in [0.717, 1.165) is 0 Å². The Morgan fingerprint density at radius 1 is 1.21 bits per heavy atom. The lowest BCUT2D eigenvalue weighted by Gasteiger charge is -2.16. The number of rotatable bonds is 2. The molecule has 0 saturated heterocycles. The molecule has 1 saturated carbocycles. The second-order valence-electron chi connectivity index (χ2n) is 3.91. The Morgan fingerprint density at radius 2 is 1.93 bits per heavy atom. The van der Waals surface area contributed by atoms with Crippen molar-refractivity contribution in [2.45, 2.75) is 18.8 Å². The molecule has 0 bridgehead atoms. The number of carbonyl (C=O) groups is 1. The van der Waals surface area contributed by atoms with Gasteiger partial charge in [-0.1, -0.05) is 30.3 Å². The first-order chi connectivity index (χ1) is 6.81. The molecule has 1 aromatic rings. The van der Waals surface area contributed by atoms with E-state index >= 15 is 0 Å². The van der Waals surface area contributed by atoms with Crippen molar-refractivity contribution >= 4 is 5.78 Å². The molecule has 0 amide bonds. The van der Waals surface area contributed by atoms with Crippen LogP contribution in [0.3, 0.4) is 0 Å². The number of aliphatic hydroxyl groups is 1. The number of ketones is 1. The monoisotopic (exact) mass is 190 g/mol. The predicted molar refractivity (Wildman–Crippen MR) is 54.0 cm³/mol. The molecular formula is C12H14O2. The standard InChI is InChI=1S/C12H14O2/c13-8-10-6-11(14)7-12(10)9-4-2-1-3-5-9/h1-5,10,12-13H,6-8H2. The van der Waals surface area contributed by atoms with E-state index in [1.807, 2.05) is 30.3 Å². The van der Waals surface area contributed by atoms with Crippen LogP contribution in [-0.2, 0) is 4.79 Å². The Kier molecular flexibility index (Phi) is 2.64. The van der Waals surface area contributed by atoms with E-state index in [9.17, 15) is 4.79 Å². The van der Waals surface area contributed by atoms with Gasteiger partial charge in [0.05, 0.1) is 0 Å². The topological polar surface area (TPSA) is 37.3 Å². The first-order valence-electron chi connectivity index (χ1n) is 4.98.